The molecule has 0 fully saturated rings. The number of carbonyl (C=O) groups excluding carboxylic acids is 3. The van der Waals surface area contributed by atoms with Gasteiger partial charge in [-0.15, -0.1) is 0 Å². The van der Waals surface area contributed by atoms with Gasteiger partial charge in [0, 0.05) is 19.9 Å². The van der Waals surface area contributed by atoms with Crippen LogP contribution in [-0.4, -0.2) is 59.6 Å². The number of benzene rings is 1. The molecule has 0 aliphatic carbocycles. The minimum absolute atomic E-state index is 0.0396. The van der Waals surface area contributed by atoms with Crippen LogP contribution in [0.4, 0.5) is 13.2 Å². The number of carbonyl (C=O) groups is 4. The van der Waals surface area contributed by atoms with E-state index in [2.05, 4.69) is 15.6 Å². The van der Waals surface area contributed by atoms with E-state index < -0.39 is 36.0 Å². The third-order valence-corrected chi connectivity index (χ3v) is 3.82. The molecule has 0 saturated carbocycles. The van der Waals surface area contributed by atoms with Gasteiger partial charge in [-0.2, -0.15) is 13.2 Å². The molecule has 1 aromatic carbocycles. The summed E-state index contributed by atoms with van der Waals surface area (Å²) in [5.74, 6) is -4.28. The summed E-state index contributed by atoms with van der Waals surface area (Å²) < 4.78 is 31.7. The predicted octanol–water partition coefficient (Wildman–Crippen LogP) is -0.609. The summed E-state index contributed by atoms with van der Waals surface area (Å²) in [6, 6.07) is 7.51. The van der Waals surface area contributed by atoms with Crippen molar-refractivity contribution < 1.29 is 37.5 Å². The minimum atomic E-state index is -5.08. The average Bonchev–Trinajstić information content (AvgIpc) is 2.69. The number of carboxylic acid groups (broad SMARTS) is 1. The standard InChI is InChI=1S/C17H26N6O3.C2HF3O2/c1-11(24)22-13(8-5-9-21-17(19)20)16(26)23-14(15(18)25)10-12-6-3-2-4-7-12;3-2(4,5)1(6)7/h2-4,6-7,13-14H,5,8-10H2,1H3,(H2,18,25)(H,22,24)(H,23,26)(H4,19,20,21);(H,6,7)/t13-,14+;/m1./s1. The summed E-state index contributed by atoms with van der Waals surface area (Å²) in [7, 11) is 0. The van der Waals surface area contributed by atoms with Gasteiger partial charge in [0.15, 0.2) is 5.96 Å². The lowest BCUT2D eigenvalue weighted by Crippen LogP contribution is -2.53. The summed E-state index contributed by atoms with van der Waals surface area (Å²) in [5.41, 5.74) is 16.8. The van der Waals surface area contributed by atoms with Crippen molar-refractivity contribution in [3.05, 3.63) is 35.9 Å². The van der Waals surface area contributed by atoms with E-state index in [0.29, 0.717) is 19.4 Å². The van der Waals surface area contributed by atoms with E-state index in [4.69, 9.17) is 27.1 Å². The van der Waals surface area contributed by atoms with Gasteiger partial charge in [0.1, 0.15) is 12.1 Å². The molecular weight excluding hydrogens is 449 g/mol. The predicted molar refractivity (Wildman–Crippen MR) is 112 cm³/mol. The second-order valence-corrected chi connectivity index (χ2v) is 6.66. The zero-order chi connectivity index (χ0) is 25.6. The summed E-state index contributed by atoms with van der Waals surface area (Å²) in [6.07, 6.45) is -4.02. The molecule has 9 N–H and O–H groups in total. The Balaban J connectivity index is 0.00000126. The molecule has 0 unspecified atom stereocenters. The van der Waals surface area contributed by atoms with Crippen LogP contribution in [0.3, 0.4) is 0 Å². The van der Waals surface area contributed by atoms with Gasteiger partial charge in [-0.3, -0.25) is 19.4 Å². The maximum Gasteiger partial charge on any atom is 0.490 e. The van der Waals surface area contributed by atoms with Gasteiger partial charge in [0.2, 0.25) is 17.7 Å². The Morgan fingerprint density at radius 3 is 2.00 bits per heavy atom. The molecule has 3 amide bonds. The second-order valence-electron chi connectivity index (χ2n) is 6.66. The van der Waals surface area contributed by atoms with E-state index in [1.54, 1.807) is 0 Å². The minimum Gasteiger partial charge on any atom is -0.475 e. The molecule has 11 nitrogen and oxygen atoms in total. The molecule has 0 spiro atoms. The molecule has 14 heteroatoms. The number of halogens is 3. The molecule has 1 rings (SSSR count). The number of hydrogen-bond donors (Lipinski definition) is 6. The molecule has 0 heterocycles. The second kappa shape index (κ2) is 14.3. The highest BCUT2D eigenvalue weighted by Gasteiger charge is 2.38. The molecule has 0 saturated heterocycles. The van der Waals surface area contributed by atoms with Gasteiger partial charge >= 0.3 is 12.1 Å². The molecule has 1 aromatic rings. The monoisotopic (exact) mass is 476 g/mol. The van der Waals surface area contributed by atoms with Crippen molar-refractivity contribution >= 4 is 29.7 Å². The Bertz CT molecular complexity index is 829. The number of alkyl halides is 3. The van der Waals surface area contributed by atoms with E-state index in [1.807, 2.05) is 30.3 Å². The molecule has 0 aliphatic rings. The number of rotatable bonds is 10. The van der Waals surface area contributed by atoms with Gasteiger partial charge in [-0.05, 0) is 18.4 Å². The number of nitrogens with two attached hydrogens (primary N) is 3. The zero-order valence-corrected chi connectivity index (χ0v) is 17.8. The van der Waals surface area contributed by atoms with Gasteiger partial charge < -0.3 is 32.9 Å². The Morgan fingerprint density at radius 1 is 1.03 bits per heavy atom. The highest BCUT2D eigenvalue weighted by Crippen LogP contribution is 2.13. The molecule has 0 aliphatic heterocycles. The van der Waals surface area contributed by atoms with E-state index >= 15 is 0 Å². The topological polar surface area (TPSA) is 203 Å². The highest BCUT2D eigenvalue weighted by atomic mass is 19.4. The van der Waals surface area contributed by atoms with E-state index in [1.165, 1.54) is 6.92 Å². The van der Waals surface area contributed by atoms with Gasteiger partial charge in [0.05, 0.1) is 0 Å². The Labute approximate surface area is 187 Å². The van der Waals surface area contributed by atoms with E-state index in [-0.39, 0.29) is 18.3 Å². The first-order chi connectivity index (χ1) is 15.2. The average molecular weight is 476 g/mol. The van der Waals surface area contributed by atoms with Crippen LogP contribution in [0.25, 0.3) is 0 Å². The van der Waals surface area contributed by atoms with Crippen LogP contribution in [0.15, 0.2) is 35.3 Å². The van der Waals surface area contributed by atoms with Crippen molar-refractivity contribution in [3.8, 4) is 0 Å². The lowest BCUT2D eigenvalue weighted by atomic mass is 10.0. The molecule has 184 valence electrons. The molecule has 2 atom stereocenters. The van der Waals surface area contributed by atoms with E-state index in [9.17, 15) is 27.6 Å². The quantitative estimate of drug-likeness (QED) is 0.147. The highest BCUT2D eigenvalue weighted by molar-refractivity contribution is 5.91. The zero-order valence-electron chi connectivity index (χ0n) is 17.8. The van der Waals surface area contributed by atoms with Crippen LogP contribution >= 0.6 is 0 Å². The SMILES string of the molecule is CC(=O)N[C@H](CCCN=C(N)N)C(=O)N[C@@H](Cc1ccccc1)C(N)=O.O=C(O)C(F)(F)F. The lowest BCUT2D eigenvalue weighted by molar-refractivity contribution is -0.192. The van der Waals surface area contributed by atoms with Crippen molar-refractivity contribution in [1.82, 2.24) is 10.6 Å². The number of aliphatic imine (C=N–C) groups is 1. The number of nitrogens with one attached hydrogen (secondary N) is 2. The molecular formula is C19H27F3N6O5. The fourth-order valence-electron chi connectivity index (χ4n) is 2.36. The van der Waals surface area contributed by atoms with Crippen molar-refractivity contribution in [2.45, 2.75) is 44.4 Å². The summed E-state index contributed by atoms with van der Waals surface area (Å²) >= 11 is 0. The van der Waals surface area contributed by atoms with Crippen LogP contribution < -0.4 is 27.8 Å². The fraction of sp³-hybridized carbons (Fsp3) is 0.421. The molecule has 0 bridgehead atoms. The van der Waals surface area contributed by atoms with Crippen molar-refractivity contribution in [2.75, 3.05) is 6.54 Å². The Morgan fingerprint density at radius 2 is 1.58 bits per heavy atom. The molecule has 33 heavy (non-hydrogen) atoms. The lowest BCUT2D eigenvalue weighted by Gasteiger charge is -2.21. The third kappa shape index (κ3) is 14.0. The van der Waals surface area contributed by atoms with Crippen LogP contribution in [0, 0.1) is 0 Å². The maximum atomic E-state index is 12.5. The number of primary amides is 1. The van der Waals surface area contributed by atoms with Gasteiger partial charge in [-0.1, -0.05) is 30.3 Å². The first-order valence-electron chi connectivity index (χ1n) is 9.50. The maximum absolute atomic E-state index is 12.5. The first-order valence-corrected chi connectivity index (χ1v) is 9.50. The smallest absolute Gasteiger partial charge is 0.475 e. The van der Waals surface area contributed by atoms with Crippen LogP contribution in [0.1, 0.15) is 25.3 Å². The summed E-state index contributed by atoms with van der Waals surface area (Å²) in [5, 5.41) is 12.3. The first kappa shape index (κ1) is 29.2. The Hall–Kier alpha value is -3.84. The summed E-state index contributed by atoms with van der Waals surface area (Å²) in [4.78, 5) is 48.3. The van der Waals surface area contributed by atoms with Crippen LogP contribution in [0.2, 0.25) is 0 Å². The van der Waals surface area contributed by atoms with Crippen LogP contribution in [-0.2, 0) is 25.6 Å². The molecule has 0 aromatic heterocycles. The summed E-state index contributed by atoms with van der Waals surface area (Å²) in [6.45, 7) is 1.64. The third-order valence-electron chi connectivity index (χ3n) is 3.82. The molecule has 0 radical (unpaired) electrons. The van der Waals surface area contributed by atoms with Crippen molar-refractivity contribution in [1.29, 1.82) is 0 Å². The normalized spacial score (nSPS) is 12.2. The van der Waals surface area contributed by atoms with Gasteiger partial charge in [-0.25, -0.2) is 4.79 Å². The van der Waals surface area contributed by atoms with Crippen molar-refractivity contribution in [3.63, 3.8) is 0 Å². The fourth-order valence-corrected chi connectivity index (χ4v) is 2.36. The number of hydrogen-bond acceptors (Lipinski definition) is 5. The number of guanidine groups is 1. The van der Waals surface area contributed by atoms with Crippen LogP contribution in [0.5, 0.6) is 0 Å². The van der Waals surface area contributed by atoms with E-state index in [0.717, 1.165) is 5.56 Å². The number of nitrogens with zero attached hydrogens (tertiary/aromatic N) is 1. The number of amides is 3. The van der Waals surface area contributed by atoms with Gasteiger partial charge in [0.25, 0.3) is 0 Å². The number of aliphatic carboxylic acids is 1. The number of carboxylic acids is 1. The Kier molecular flexibility index (Phi) is 12.6. The largest absolute Gasteiger partial charge is 0.490 e. The van der Waals surface area contributed by atoms with Crippen molar-refractivity contribution in [2.24, 2.45) is 22.2 Å².